The summed E-state index contributed by atoms with van der Waals surface area (Å²) in [5.41, 5.74) is 0.812. The molecule has 3 fully saturated rings. The molecule has 3 aliphatic rings. The van der Waals surface area contributed by atoms with Gasteiger partial charge in [-0.25, -0.2) is 0 Å². The summed E-state index contributed by atoms with van der Waals surface area (Å²) in [5, 5.41) is 3.01. The molecular weight excluding hydrogens is 350 g/mol. The minimum Gasteiger partial charge on any atom is -0.497 e. The van der Waals surface area contributed by atoms with E-state index in [9.17, 15) is 4.79 Å². The van der Waals surface area contributed by atoms with Crippen LogP contribution >= 0.6 is 0 Å². The van der Waals surface area contributed by atoms with Gasteiger partial charge in [0.05, 0.1) is 7.11 Å². The maximum absolute atomic E-state index is 12.4. The van der Waals surface area contributed by atoms with Gasteiger partial charge in [-0.1, -0.05) is 6.07 Å². The highest BCUT2D eigenvalue weighted by Crippen LogP contribution is 2.42. The predicted octanol–water partition coefficient (Wildman–Crippen LogP) is 3.61. The highest BCUT2D eigenvalue weighted by atomic mass is 16.5. The molecule has 0 bridgehead atoms. The van der Waals surface area contributed by atoms with Crippen LogP contribution in [0.4, 0.5) is 5.69 Å². The lowest BCUT2D eigenvalue weighted by atomic mass is 9.69. The summed E-state index contributed by atoms with van der Waals surface area (Å²) in [5.74, 6) is 2.52. The van der Waals surface area contributed by atoms with Gasteiger partial charge >= 0.3 is 0 Å². The number of benzene rings is 1. The Morgan fingerprint density at radius 1 is 1.25 bits per heavy atom. The number of hydrogen-bond acceptors (Lipinski definition) is 4. The fourth-order valence-electron chi connectivity index (χ4n) is 6.04. The topological polar surface area (TPSA) is 44.8 Å². The summed E-state index contributed by atoms with van der Waals surface area (Å²) in [7, 11) is 3.95. The van der Waals surface area contributed by atoms with E-state index in [1.807, 2.05) is 24.3 Å². The maximum atomic E-state index is 12.4. The van der Waals surface area contributed by atoms with E-state index in [-0.39, 0.29) is 5.91 Å². The second-order valence-electron chi connectivity index (χ2n) is 8.91. The number of likely N-dealkylation sites (tertiary alicyclic amines) is 1. The average molecular weight is 386 g/mol. The molecule has 0 spiro atoms. The highest BCUT2D eigenvalue weighted by molar-refractivity contribution is 5.90. The Balaban J connectivity index is 1.30. The summed E-state index contributed by atoms with van der Waals surface area (Å²) < 4.78 is 5.23. The molecule has 1 aromatic rings. The lowest BCUT2D eigenvalue weighted by Gasteiger charge is -2.57. The van der Waals surface area contributed by atoms with Crippen LogP contribution in [0.1, 0.15) is 44.9 Å². The van der Waals surface area contributed by atoms with E-state index in [2.05, 4.69) is 22.2 Å². The van der Waals surface area contributed by atoms with Gasteiger partial charge in [0.15, 0.2) is 0 Å². The zero-order chi connectivity index (χ0) is 19.5. The lowest BCUT2D eigenvalue weighted by molar-refractivity contribution is -0.116. The number of rotatable bonds is 6. The van der Waals surface area contributed by atoms with Gasteiger partial charge in [0, 0.05) is 36.8 Å². The monoisotopic (exact) mass is 385 g/mol. The van der Waals surface area contributed by atoms with Crippen LogP contribution in [0, 0.1) is 11.8 Å². The summed E-state index contributed by atoms with van der Waals surface area (Å²) in [6.45, 7) is 3.84. The average Bonchev–Trinajstić information content (AvgIpc) is 2.70. The zero-order valence-electron chi connectivity index (χ0n) is 17.4. The molecular formula is C23H35N3O2. The molecule has 4 rings (SSSR count). The van der Waals surface area contributed by atoms with Crippen molar-refractivity contribution in [2.75, 3.05) is 39.1 Å². The first-order chi connectivity index (χ1) is 13.7. The van der Waals surface area contributed by atoms with E-state index in [4.69, 9.17) is 4.74 Å². The van der Waals surface area contributed by atoms with Gasteiger partial charge in [0.25, 0.3) is 0 Å². The van der Waals surface area contributed by atoms with Crippen molar-refractivity contribution in [2.24, 2.45) is 11.8 Å². The van der Waals surface area contributed by atoms with Gasteiger partial charge in [-0.3, -0.25) is 9.69 Å². The van der Waals surface area contributed by atoms with Gasteiger partial charge in [0.2, 0.25) is 5.91 Å². The molecule has 3 saturated heterocycles. The molecule has 28 heavy (non-hydrogen) atoms. The van der Waals surface area contributed by atoms with Crippen LogP contribution in [0.2, 0.25) is 0 Å². The number of nitrogens with zero attached hydrogens (tertiary/aromatic N) is 2. The first-order valence-corrected chi connectivity index (χ1v) is 11.0. The van der Waals surface area contributed by atoms with Gasteiger partial charge in [-0.05, 0) is 82.6 Å². The molecule has 5 nitrogen and oxygen atoms in total. The third-order valence-electron chi connectivity index (χ3n) is 7.19. The van der Waals surface area contributed by atoms with Crippen molar-refractivity contribution in [3.05, 3.63) is 24.3 Å². The smallest absolute Gasteiger partial charge is 0.224 e. The largest absolute Gasteiger partial charge is 0.497 e. The Morgan fingerprint density at radius 3 is 2.89 bits per heavy atom. The molecule has 1 amide bonds. The van der Waals surface area contributed by atoms with Crippen molar-refractivity contribution in [1.82, 2.24) is 9.80 Å². The van der Waals surface area contributed by atoms with Crippen molar-refractivity contribution in [2.45, 2.75) is 57.0 Å². The van der Waals surface area contributed by atoms with Crippen LogP contribution in [0.15, 0.2) is 24.3 Å². The Kier molecular flexibility index (Phi) is 6.22. The number of nitrogens with one attached hydrogen (secondary N) is 1. The Hall–Kier alpha value is -1.59. The summed E-state index contributed by atoms with van der Waals surface area (Å²) in [6, 6.07) is 9.00. The number of anilines is 1. The van der Waals surface area contributed by atoms with E-state index in [0.29, 0.717) is 12.5 Å². The van der Waals surface area contributed by atoms with Crippen molar-refractivity contribution < 1.29 is 9.53 Å². The molecule has 0 unspecified atom stereocenters. The molecule has 0 saturated carbocycles. The third kappa shape index (κ3) is 4.20. The molecule has 0 aliphatic carbocycles. The molecule has 1 N–H and O–H groups in total. The van der Waals surface area contributed by atoms with Gasteiger partial charge in [-0.15, -0.1) is 0 Å². The molecule has 3 heterocycles. The van der Waals surface area contributed by atoms with Gasteiger partial charge in [0.1, 0.15) is 5.75 Å². The van der Waals surface area contributed by atoms with Crippen LogP contribution in [-0.4, -0.2) is 61.6 Å². The molecule has 5 heteroatoms. The summed E-state index contributed by atoms with van der Waals surface area (Å²) in [4.78, 5) is 17.8. The molecule has 4 atom stereocenters. The maximum Gasteiger partial charge on any atom is 0.224 e. The van der Waals surface area contributed by atoms with Crippen LogP contribution in [0.25, 0.3) is 0 Å². The number of ether oxygens (including phenoxy) is 1. The van der Waals surface area contributed by atoms with Crippen molar-refractivity contribution in [3.8, 4) is 5.75 Å². The zero-order valence-corrected chi connectivity index (χ0v) is 17.4. The van der Waals surface area contributed by atoms with E-state index in [1.54, 1.807) is 7.11 Å². The number of hydrogen-bond donors (Lipinski definition) is 1. The first-order valence-electron chi connectivity index (χ1n) is 11.0. The van der Waals surface area contributed by atoms with E-state index in [1.165, 1.54) is 45.3 Å². The van der Waals surface area contributed by atoms with E-state index in [0.717, 1.165) is 42.2 Å². The quantitative estimate of drug-likeness (QED) is 0.813. The Morgan fingerprint density at radius 2 is 2.07 bits per heavy atom. The molecule has 0 radical (unpaired) electrons. The minimum absolute atomic E-state index is 0.104. The Bertz CT molecular complexity index is 678. The fraction of sp³-hybridized carbons (Fsp3) is 0.696. The summed E-state index contributed by atoms with van der Waals surface area (Å²) >= 11 is 0. The van der Waals surface area contributed by atoms with Crippen LogP contribution < -0.4 is 10.1 Å². The molecule has 0 aromatic heterocycles. The van der Waals surface area contributed by atoms with E-state index >= 15 is 0 Å². The van der Waals surface area contributed by atoms with Crippen molar-refractivity contribution in [1.29, 1.82) is 0 Å². The number of methoxy groups -OCH3 is 1. The van der Waals surface area contributed by atoms with E-state index < -0.39 is 0 Å². The number of piperidine rings is 3. The molecule has 3 aliphatic heterocycles. The summed E-state index contributed by atoms with van der Waals surface area (Å²) in [6.07, 6.45) is 8.15. The standard InChI is InChI=1S/C23H35N3O2/c1-25-16-17-7-5-13-26-14-6-10-20(23(17)26)21(25)11-4-12-22(27)24-18-8-3-9-19(15-18)28-2/h3,8-9,15,17,20-21,23H,4-7,10-14,16H2,1-2H3,(H,24,27)/t17-,20+,21+,23-/m0/s1. The van der Waals surface area contributed by atoms with Gasteiger partial charge in [-0.2, -0.15) is 0 Å². The fourth-order valence-corrected chi connectivity index (χ4v) is 6.04. The third-order valence-corrected chi connectivity index (χ3v) is 7.19. The minimum atomic E-state index is 0.104. The second-order valence-corrected chi connectivity index (χ2v) is 8.91. The Labute approximate surface area is 169 Å². The lowest BCUT2D eigenvalue weighted by Crippen LogP contribution is -2.63. The second kappa shape index (κ2) is 8.83. The van der Waals surface area contributed by atoms with Crippen LogP contribution in [0.3, 0.4) is 0 Å². The number of amides is 1. The van der Waals surface area contributed by atoms with Crippen LogP contribution in [0.5, 0.6) is 5.75 Å². The van der Waals surface area contributed by atoms with Gasteiger partial charge < -0.3 is 15.0 Å². The van der Waals surface area contributed by atoms with Crippen LogP contribution in [-0.2, 0) is 4.79 Å². The number of carbonyl (C=O) groups excluding carboxylic acids is 1. The predicted molar refractivity (Wildman–Crippen MR) is 113 cm³/mol. The van der Waals surface area contributed by atoms with Crippen molar-refractivity contribution in [3.63, 3.8) is 0 Å². The first kappa shape index (κ1) is 19.7. The number of carbonyl (C=O) groups is 1. The SMILES string of the molecule is COc1cccc(NC(=O)CCC[C@@H]2[C@H]3CCCN4CCC[C@@H](CN2C)[C@@H]34)c1. The highest BCUT2D eigenvalue weighted by Gasteiger charge is 2.47. The molecule has 154 valence electrons. The van der Waals surface area contributed by atoms with Crippen molar-refractivity contribution >= 4 is 11.6 Å². The molecule has 1 aromatic carbocycles. The normalized spacial score (nSPS) is 30.5.